The molecule has 0 spiro atoms. The smallest absolute Gasteiger partial charge is 0.317 e. The maximum Gasteiger partial charge on any atom is 0.317 e. The van der Waals surface area contributed by atoms with Gasteiger partial charge in [-0.25, -0.2) is 4.79 Å². The van der Waals surface area contributed by atoms with Crippen molar-refractivity contribution < 1.29 is 14.7 Å². The van der Waals surface area contributed by atoms with Crippen LogP contribution in [0.15, 0.2) is 12.1 Å². The fourth-order valence-electron chi connectivity index (χ4n) is 3.34. The van der Waals surface area contributed by atoms with E-state index in [-0.39, 0.29) is 11.9 Å². The van der Waals surface area contributed by atoms with Crippen molar-refractivity contribution >= 4 is 12.0 Å². The molecule has 0 bridgehead atoms. The van der Waals surface area contributed by atoms with Gasteiger partial charge in [-0.1, -0.05) is 17.7 Å². The van der Waals surface area contributed by atoms with Gasteiger partial charge in [0.15, 0.2) is 0 Å². The van der Waals surface area contributed by atoms with Crippen LogP contribution in [0.4, 0.5) is 4.79 Å². The van der Waals surface area contributed by atoms with Gasteiger partial charge < -0.3 is 15.3 Å². The Morgan fingerprint density at radius 1 is 1.17 bits per heavy atom. The van der Waals surface area contributed by atoms with E-state index in [1.165, 1.54) is 22.3 Å². The fourth-order valence-corrected chi connectivity index (χ4v) is 3.34. The third-order valence-corrected chi connectivity index (χ3v) is 4.62. The van der Waals surface area contributed by atoms with Crippen molar-refractivity contribution in [3.8, 4) is 0 Å². The number of carbonyl (C=O) groups is 2. The highest BCUT2D eigenvalue weighted by Gasteiger charge is 2.26. The Labute approximate surface area is 137 Å². The highest BCUT2D eigenvalue weighted by Crippen LogP contribution is 2.18. The van der Waals surface area contributed by atoms with Gasteiger partial charge in [-0.05, 0) is 56.7 Å². The van der Waals surface area contributed by atoms with Crippen LogP contribution in [0, 0.1) is 26.7 Å². The summed E-state index contributed by atoms with van der Waals surface area (Å²) in [7, 11) is 0. The first-order valence-electron chi connectivity index (χ1n) is 8.20. The van der Waals surface area contributed by atoms with E-state index in [1.54, 1.807) is 4.90 Å². The highest BCUT2D eigenvalue weighted by atomic mass is 16.4. The predicted octanol–water partition coefficient (Wildman–Crippen LogP) is 2.66. The number of likely N-dealkylation sites (tertiary alicyclic amines) is 1. The van der Waals surface area contributed by atoms with Crippen molar-refractivity contribution in [2.45, 2.75) is 40.0 Å². The van der Waals surface area contributed by atoms with Gasteiger partial charge in [0.05, 0.1) is 5.92 Å². The van der Waals surface area contributed by atoms with Crippen molar-refractivity contribution in [1.29, 1.82) is 0 Å². The summed E-state index contributed by atoms with van der Waals surface area (Å²) in [5.41, 5.74) is 5.08. The Hall–Kier alpha value is -2.04. The summed E-state index contributed by atoms with van der Waals surface area (Å²) < 4.78 is 0. The second-order valence-electron chi connectivity index (χ2n) is 6.46. The van der Waals surface area contributed by atoms with Crippen LogP contribution in [0.25, 0.3) is 0 Å². The molecule has 1 fully saturated rings. The minimum Gasteiger partial charge on any atom is -0.481 e. The van der Waals surface area contributed by atoms with Crippen molar-refractivity contribution in [3.05, 3.63) is 34.4 Å². The summed E-state index contributed by atoms with van der Waals surface area (Å²) in [5.74, 6) is -1.06. The quantitative estimate of drug-likeness (QED) is 0.896. The molecule has 5 heteroatoms. The molecular weight excluding hydrogens is 292 g/mol. The number of nitrogens with zero attached hydrogens (tertiary/aromatic N) is 1. The van der Waals surface area contributed by atoms with Gasteiger partial charge in [0.25, 0.3) is 0 Å². The number of carboxylic acids is 1. The van der Waals surface area contributed by atoms with Gasteiger partial charge in [-0.2, -0.15) is 0 Å². The lowest BCUT2D eigenvalue weighted by Crippen LogP contribution is -2.45. The average molecular weight is 318 g/mol. The van der Waals surface area contributed by atoms with E-state index in [1.807, 2.05) is 0 Å². The Balaban J connectivity index is 1.81. The van der Waals surface area contributed by atoms with E-state index >= 15 is 0 Å². The number of benzene rings is 1. The number of aryl methyl sites for hydroxylation is 3. The molecule has 126 valence electrons. The molecular formula is C18H26N2O3. The molecule has 0 atom stereocenters. The van der Waals surface area contributed by atoms with E-state index < -0.39 is 5.97 Å². The third-order valence-electron chi connectivity index (χ3n) is 4.62. The van der Waals surface area contributed by atoms with Crippen LogP contribution in [0.5, 0.6) is 0 Å². The van der Waals surface area contributed by atoms with Crippen molar-refractivity contribution in [2.24, 2.45) is 5.92 Å². The van der Waals surface area contributed by atoms with E-state index in [4.69, 9.17) is 5.11 Å². The molecule has 0 radical (unpaired) electrons. The summed E-state index contributed by atoms with van der Waals surface area (Å²) in [6.45, 7) is 7.94. The number of piperidine rings is 1. The van der Waals surface area contributed by atoms with Gasteiger partial charge in [-0.15, -0.1) is 0 Å². The van der Waals surface area contributed by atoms with Crippen LogP contribution in [-0.2, 0) is 11.2 Å². The number of aliphatic carboxylic acids is 1. The molecule has 1 aromatic rings. The molecule has 0 aliphatic carbocycles. The number of carbonyl (C=O) groups excluding carboxylic acids is 1. The van der Waals surface area contributed by atoms with Gasteiger partial charge in [0.1, 0.15) is 0 Å². The van der Waals surface area contributed by atoms with Gasteiger partial charge in [-0.3, -0.25) is 4.79 Å². The summed E-state index contributed by atoms with van der Waals surface area (Å²) in [6.07, 6.45) is 1.90. The summed E-state index contributed by atoms with van der Waals surface area (Å²) in [4.78, 5) is 24.8. The van der Waals surface area contributed by atoms with E-state index in [9.17, 15) is 9.59 Å². The molecule has 0 aromatic heterocycles. The molecule has 2 N–H and O–H groups in total. The summed E-state index contributed by atoms with van der Waals surface area (Å²) in [6, 6.07) is 4.25. The Morgan fingerprint density at radius 3 is 2.26 bits per heavy atom. The number of nitrogens with one attached hydrogen (secondary N) is 1. The van der Waals surface area contributed by atoms with Crippen molar-refractivity contribution in [2.75, 3.05) is 19.6 Å². The number of carboxylic acid groups (broad SMARTS) is 1. The standard InChI is InChI=1S/C18H26N2O3/c1-12-10-13(2)16(14(3)11-12)4-7-19-18(23)20-8-5-15(6-9-20)17(21)22/h10-11,15H,4-9H2,1-3H3,(H,19,23)(H,21,22). The van der Waals surface area contributed by atoms with Crippen LogP contribution >= 0.6 is 0 Å². The zero-order chi connectivity index (χ0) is 17.0. The molecule has 1 aliphatic heterocycles. The van der Waals surface area contributed by atoms with Crippen LogP contribution in [0.1, 0.15) is 35.1 Å². The Morgan fingerprint density at radius 2 is 1.74 bits per heavy atom. The Bertz CT molecular complexity index is 567. The highest BCUT2D eigenvalue weighted by molar-refractivity contribution is 5.75. The molecule has 2 rings (SSSR count). The first kappa shape index (κ1) is 17.3. The SMILES string of the molecule is Cc1cc(C)c(CCNC(=O)N2CCC(C(=O)O)CC2)c(C)c1. The molecule has 23 heavy (non-hydrogen) atoms. The predicted molar refractivity (Wildman–Crippen MR) is 89.7 cm³/mol. The van der Waals surface area contributed by atoms with Crippen LogP contribution in [0.3, 0.4) is 0 Å². The number of amides is 2. The lowest BCUT2D eigenvalue weighted by molar-refractivity contribution is -0.143. The Kier molecular flexibility index (Phi) is 5.64. The largest absolute Gasteiger partial charge is 0.481 e. The molecule has 0 saturated carbocycles. The number of hydrogen-bond acceptors (Lipinski definition) is 2. The molecule has 5 nitrogen and oxygen atoms in total. The number of hydrogen-bond donors (Lipinski definition) is 2. The molecule has 0 unspecified atom stereocenters. The number of rotatable bonds is 4. The summed E-state index contributed by atoms with van der Waals surface area (Å²) in [5, 5.41) is 11.9. The first-order valence-corrected chi connectivity index (χ1v) is 8.20. The fraction of sp³-hybridized carbons (Fsp3) is 0.556. The number of urea groups is 1. The monoisotopic (exact) mass is 318 g/mol. The molecule has 1 aliphatic rings. The second-order valence-corrected chi connectivity index (χ2v) is 6.46. The van der Waals surface area contributed by atoms with Crippen LogP contribution in [-0.4, -0.2) is 41.6 Å². The second kappa shape index (κ2) is 7.49. The van der Waals surface area contributed by atoms with Crippen molar-refractivity contribution in [3.63, 3.8) is 0 Å². The molecule has 1 aromatic carbocycles. The van der Waals surface area contributed by atoms with Gasteiger partial charge in [0.2, 0.25) is 0 Å². The minimum absolute atomic E-state index is 0.0868. The topological polar surface area (TPSA) is 69.6 Å². The maximum absolute atomic E-state index is 12.2. The molecule has 2 amide bonds. The van der Waals surface area contributed by atoms with Crippen molar-refractivity contribution in [1.82, 2.24) is 10.2 Å². The third kappa shape index (κ3) is 4.47. The average Bonchev–Trinajstić information content (AvgIpc) is 2.49. The molecule has 1 saturated heterocycles. The van der Waals surface area contributed by atoms with E-state index in [2.05, 4.69) is 38.2 Å². The molecule has 1 heterocycles. The lowest BCUT2D eigenvalue weighted by Gasteiger charge is -2.30. The van der Waals surface area contributed by atoms with E-state index in [0.29, 0.717) is 32.5 Å². The maximum atomic E-state index is 12.2. The van der Waals surface area contributed by atoms with Gasteiger partial charge >= 0.3 is 12.0 Å². The first-order chi connectivity index (χ1) is 10.9. The summed E-state index contributed by atoms with van der Waals surface area (Å²) >= 11 is 0. The zero-order valence-corrected chi connectivity index (χ0v) is 14.2. The lowest BCUT2D eigenvalue weighted by atomic mass is 9.97. The van der Waals surface area contributed by atoms with Gasteiger partial charge in [0, 0.05) is 19.6 Å². The van der Waals surface area contributed by atoms with Crippen LogP contribution < -0.4 is 5.32 Å². The minimum atomic E-state index is -0.754. The van der Waals surface area contributed by atoms with E-state index in [0.717, 1.165) is 6.42 Å². The van der Waals surface area contributed by atoms with Crippen LogP contribution in [0.2, 0.25) is 0 Å². The zero-order valence-electron chi connectivity index (χ0n) is 14.2. The normalized spacial score (nSPS) is 15.5.